The normalized spacial score (nSPS) is 14.5. The van der Waals surface area contributed by atoms with Gasteiger partial charge in [0, 0.05) is 6.42 Å². The van der Waals surface area contributed by atoms with Gasteiger partial charge in [0.25, 0.3) is 0 Å². The molecule has 5 nitrogen and oxygen atoms in total. The molecule has 0 spiro atoms. The van der Waals surface area contributed by atoms with Crippen LogP contribution in [0.4, 0.5) is 0 Å². The molecule has 0 aliphatic rings. The second-order valence-electron chi connectivity index (χ2n) is 2.99. The SMILES string of the molecule is COC(=O)CCC(C)(N)C(=O)OC. The molecule has 0 aliphatic heterocycles. The summed E-state index contributed by atoms with van der Waals surface area (Å²) < 4.78 is 8.88. The molecule has 0 aromatic heterocycles. The maximum absolute atomic E-state index is 11.0. The van der Waals surface area contributed by atoms with Crippen molar-refractivity contribution in [2.75, 3.05) is 14.2 Å². The number of methoxy groups -OCH3 is 2. The highest BCUT2D eigenvalue weighted by molar-refractivity contribution is 5.80. The average Bonchev–Trinajstić information content (AvgIpc) is 2.12. The van der Waals surface area contributed by atoms with Gasteiger partial charge in [0.15, 0.2) is 0 Å². The molecule has 0 saturated heterocycles. The van der Waals surface area contributed by atoms with Crippen molar-refractivity contribution in [3.63, 3.8) is 0 Å². The number of ether oxygens (including phenoxy) is 2. The van der Waals surface area contributed by atoms with Gasteiger partial charge in [-0.3, -0.25) is 9.59 Å². The van der Waals surface area contributed by atoms with Crippen molar-refractivity contribution < 1.29 is 19.1 Å². The van der Waals surface area contributed by atoms with Crippen molar-refractivity contribution >= 4 is 11.9 Å². The zero-order valence-corrected chi connectivity index (χ0v) is 8.12. The minimum atomic E-state index is -1.12. The van der Waals surface area contributed by atoms with Gasteiger partial charge in [-0.2, -0.15) is 0 Å². The third kappa shape index (κ3) is 3.89. The monoisotopic (exact) mass is 189 g/mol. The van der Waals surface area contributed by atoms with Crippen LogP contribution >= 0.6 is 0 Å². The summed E-state index contributed by atoms with van der Waals surface area (Å²) in [5.41, 5.74) is 4.47. The standard InChI is InChI=1S/C8H15NO4/c1-8(9,7(11)13-3)5-4-6(10)12-2/h4-5,9H2,1-3H3. The van der Waals surface area contributed by atoms with Crippen LogP contribution in [0.3, 0.4) is 0 Å². The van der Waals surface area contributed by atoms with Crippen molar-refractivity contribution in [3.05, 3.63) is 0 Å². The van der Waals surface area contributed by atoms with E-state index < -0.39 is 11.5 Å². The molecule has 5 heteroatoms. The van der Waals surface area contributed by atoms with Crippen molar-refractivity contribution in [2.45, 2.75) is 25.3 Å². The molecular formula is C8H15NO4. The first-order valence-electron chi connectivity index (χ1n) is 3.88. The first-order chi connectivity index (χ1) is 5.94. The molecule has 0 aromatic carbocycles. The van der Waals surface area contributed by atoms with E-state index in [-0.39, 0.29) is 18.8 Å². The summed E-state index contributed by atoms with van der Waals surface area (Å²) in [6, 6.07) is 0. The van der Waals surface area contributed by atoms with Crippen molar-refractivity contribution in [2.24, 2.45) is 5.73 Å². The van der Waals surface area contributed by atoms with Gasteiger partial charge in [-0.15, -0.1) is 0 Å². The summed E-state index contributed by atoms with van der Waals surface area (Å²) in [7, 11) is 2.54. The van der Waals surface area contributed by atoms with Crippen molar-refractivity contribution in [1.82, 2.24) is 0 Å². The molecule has 0 heterocycles. The van der Waals surface area contributed by atoms with Crippen molar-refractivity contribution in [1.29, 1.82) is 0 Å². The summed E-state index contributed by atoms with van der Waals surface area (Å²) in [6.45, 7) is 1.52. The lowest BCUT2D eigenvalue weighted by atomic mass is 9.97. The van der Waals surface area contributed by atoms with Gasteiger partial charge in [-0.05, 0) is 13.3 Å². The van der Waals surface area contributed by atoms with E-state index in [2.05, 4.69) is 9.47 Å². The summed E-state index contributed by atoms with van der Waals surface area (Å²) in [5, 5.41) is 0. The van der Waals surface area contributed by atoms with Gasteiger partial charge in [0.1, 0.15) is 5.54 Å². The Balaban J connectivity index is 4.03. The summed E-state index contributed by atoms with van der Waals surface area (Å²) in [6.07, 6.45) is 0.324. The van der Waals surface area contributed by atoms with E-state index in [1.54, 1.807) is 0 Å². The summed E-state index contributed by atoms with van der Waals surface area (Å²) >= 11 is 0. The van der Waals surface area contributed by atoms with Gasteiger partial charge in [-0.1, -0.05) is 0 Å². The van der Waals surface area contributed by atoms with Crippen LogP contribution in [0, 0.1) is 0 Å². The van der Waals surface area contributed by atoms with Crippen LogP contribution in [0.1, 0.15) is 19.8 Å². The number of carbonyl (C=O) groups is 2. The lowest BCUT2D eigenvalue weighted by Crippen LogP contribution is -2.46. The molecule has 0 amide bonds. The second-order valence-corrected chi connectivity index (χ2v) is 2.99. The van der Waals surface area contributed by atoms with Gasteiger partial charge in [0.2, 0.25) is 0 Å². The summed E-state index contributed by atoms with van der Waals surface area (Å²) in [4.78, 5) is 21.8. The van der Waals surface area contributed by atoms with Crippen LogP contribution in [0.15, 0.2) is 0 Å². The molecule has 0 fully saturated rings. The van der Waals surface area contributed by atoms with Crippen LogP contribution in [0.2, 0.25) is 0 Å². The molecule has 0 aliphatic carbocycles. The van der Waals surface area contributed by atoms with E-state index in [0.29, 0.717) is 0 Å². The fourth-order valence-electron chi connectivity index (χ4n) is 0.799. The minimum Gasteiger partial charge on any atom is -0.469 e. The Labute approximate surface area is 77.2 Å². The number of nitrogens with two attached hydrogens (primary N) is 1. The number of esters is 2. The molecule has 0 rings (SSSR count). The Bertz CT molecular complexity index is 200. The fraction of sp³-hybridized carbons (Fsp3) is 0.750. The van der Waals surface area contributed by atoms with Crippen LogP contribution in [-0.4, -0.2) is 31.7 Å². The number of hydrogen-bond donors (Lipinski definition) is 1. The van der Waals surface area contributed by atoms with E-state index in [1.165, 1.54) is 21.1 Å². The average molecular weight is 189 g/mol. The molecule has 0 bridgehead atoms. The van der Waals surface area contributed by atoms with E-state index >= 15 is 0 Å². The Morgan fingerprint density at radius 1 is 1.31 bits per heavy atom. The predicted molar refractivity (Wildman–Crippen MR) is 45.9 cm³/mol. The van der Waals surface area contributed by atoms with Crippen molar-refractivity contribution in [3.8, 4) is 0 Å². The van der Waals surface area contributed by atoms with Crippen LogP contribution in [0.25, 0.3) is 0 Å². The molecule has 76 valence electrons. The molecule has 1 unspecified atom stereocenters. The number of carbonyl (C=O) groups excluding carboxylic acids is 2. The highest BCUT2D eigenvalue weighted by atomic mass is 16.5. The van der Waals surface area contributed by atoms with Gasteiger partial charge < -0.3 is 15.2 Å². The van der Waals surface area contributed by atoms with Crippen LogP contribution in [-0.2, 0) is 19.1 Å². The largest absolute Gasteiger partial charge is 0.469 e. The Morgan fingerprint density at radius 3 is 2.23 bits per heavy atom. The third-order valence-electron chi connectivity index (χ3n) is 1.73. The zero-order chi connectivity index (χ0) is 10.5. The van der Waals surface area contributed by atoms with Crippen LogP contribution < -0.4 is 5.73 Å². The quantitative estimate of drug-likeness (QED) is 0.621. The lowest BCUT2D eigenvalue weighted by Gasteiger charge is -2.20. The number of rotatable bonds is 4. The topological polar surface area (TPSA) is 78.6 Å². The highest BCUT2D eigenvalue weighted by Crippen LogP contribution is 2.10. The lowest BCUT2D eigenvalue weighted by molar-refractivity contribution is -0.147. The second kappa shape index (κ2) is 4.81. The van der Waals surface area contributed by atoms with Gasteiger partial charge in [0.05, 0.1) is 14.2 Å². The molecular weight excluding hydrogens is 174 g/mol. The molecule has 0 aromatic rings. The molecule has 0 saturated carbocycles. The maximum Gasteiger partial charge on any atom is 0.325 e. The molecule has 13 heavy (non-hydrogen) atoms. The van der Waals surface area contributed by atoms with E-state index in [0.717, 1.165) is 0 Å². The molecule has 0 radical (unpaired) electrons. The number of hydrogen-bond acceptors (Lipinski definition) is 5. The van der Waals surface area contributed by atoms with E-state index in [1.807, 2.05) is 0 Å². The molecule has 2 N–H and O–H groups in total. The smallest absolute Gasteiger partial charge is 0.325 e. The zero-order valence-electron chi connectivity index (χ0n) is 8.12. The third-order valence-corrected chi connectivity index (χ3v) is 1.73. The van der Waals surface area contributed by atoms with Crippen LogP contribution in [0.5, 0.6) is 0 Å². The Kier molecular flexibility index (Phi) is 4.40. The predicted octanol–water partition coefficient (Wildman–Crippen LogP) is -0.170. The van der Waals surface area contributed by atoms with E-state index in [4.69, 9.17) is 5.73 Å². The molecule has 1 atom stereocenters. The first-order valence-corrected chi connectivity index (χ1v) is 3.88. The highest BCUT2D eigenvalue weighted by Gasteiger charge is 2.29. The maximum atomic E-state index is 11.0. The first kappa shape index (κ1) is 11.9. The van der Waals surface area contributed by atoms with Gasteiger partial charge in [-0.25, -0.2) is 0 Å². The van der Waals surface area contributed by atoms with Gasteiger partial charge >= 0.3 is 11.9 Å². The summed E-state index contributed by atoms with van der Waals surface area (Å²) in [5.74, 6) is -0.919. The Morgan fingerprint density at radius 2 is 1.85 bits per heavy atom. The van der Waals surface area contributed by atoms with E-state index in [9.17, 15) is 9.59 Å². The minimum absolute atomic E-state index is 0.110. The fourth-order valence-corrected chi connectivity index (χ4v) is 0.799. The Hall–Kier alpha value is -1.10.